The van der Waals surface area contributed by atoms with Crippen molar-refractivity contribution in [1.29, 1.82) is 0 Å². The average molecular weight is 298 g/mol. The smallest absolute Gasteiger partial charge is 0.302 e. The van der Waals surface area contributed by atoms with Crippen molar-refractivity contribution in [1.82, 2.24) is 0 Å². The molecule has 0 bridgehead atoms. The minimum Gasteiger partial charge on any atom is -0.462 e. The van der Waals surface area contributed by atoms with Gasteiger partial charge in [0.25, 0.3) is 0 Å². The number of hydrogen-bond acceptors (Lipinski definition) is 4. The lowest BCUT2D eigenvalue weighted by atomic mass is 9.95. The third kappa shape index (κ3) is 11.2. The van der Waals surface area contributed by atoms with Gasteiger partial charge in [-0.15, -0.1) is 0 Å². The molecule has 4 heteroatoms. The largest absolute Gasteiger partial charge is 0.462 e. The standard InChI is InChI=1S/C17H30O4/c1-13(9-10-16(19)17(4,5)20)7-6-8-14(2)11-12-21-15(3)18/h7,11,16,19-20H,6,8-10,12H2,1-5H3/b13-7+,14-11-. The van der Waals surface area contributed by atoms with Gasteiger partial charge in [0, 0.05) is 6.92 Å². The zero-order valence-corrected chi connectivity index (χ0v) is 14.0. The molecule has 1 unspecified atom stereocenters. The Kier molecular flexibility index (Phi) is 9.22. The molecule has 0 aliphatic rings. The molecule has 0 radical (unpaired) electrons. The summed E-state index contributed by atoms with van der Waals surface area (Å²) >= 11 is 0. The number of allylic oxidation sites excluding steroid dienone is 3. The summed E-state index contributed by atoms with van der Waals surface area (Å²) in [6, 6.07) is 0. The van der Waals surface area contributed by atoms with Crippen molar-refractivity contribution in [2.45, 2.75) is 72.0 Å². The van der Waals surface area contributed by atoms with E-state index in [1.165, 1.54) is 18.1 Å². The Morgan fingerprint density at radius 2 is 1.71 bits per heavy atom. The number of ether oxygens (including phenoxy) is 1. The highest BCUT2D eigenvalue weighted by Crippen LogP contribution is 2.17. The van der Waals surface area contributed by atoms with Gasteiger partial charge in [-0.25, -0.2) is 0 Å². The third-order valence-corrected chi connectivity index (χ3v) is 3.38. The normalized spacial score (nSPS) is 15.0. The minimum absolute atomic E-state index is 0.264. The molecule has 0 aliphatic heterocycles. The Hall–Kier alpha value is -1.13. The van der Waals surface area contributed by atoms with Crippen molar-refractivity contribution >= 4 is 5.97 Å². The zero-order valence-electron chi connectivity index (χ0n) is 14.0. The minimum atomic E-state index is -1.05. The number of rotatable bonds is 9. The molecule has 1 atom stereocenters. The molecular formula is C17H30O4. The summed E-state index contributed by atoms with van der Waals surface area (Å²) in [4.78, 5) is 10.6. The van der Waals surface area contributed by atoms with Crippen LogP contribution in [0.25, 0.3) is 0 Å². The fourth-order valence-corrected chi connectivity index (χ4v) is 1.77. The van der Waals surface area contributed by atoms with E-state index in [0.29, 0.717) is 13.0 Å². The molecule has 4 nitrogen and oxygen atoms in total. The second-order valence-electron chi connectivity index (χ2n) is 6.15. The van der Waals surface area contributed by atoms with Crippen LogP contribution >= 0.6 is 0 Å². The van der Waals surface area contributed by atoms with Crippen molar-refractivity contribution in [2.75, 3.05) is 6.61 Å². The first-order valence-corrected chi connectivity index (χ1v) is 7.48. The monoisotopic (exact) mass is 298 g/mol. The number of esters is 1. The van der Waals surface area contributed by atoms with Crippen LogP contribution in [0.2, 0.25) is 0 Å². The molecule has 0 saturated carbocycles. The Labute approximate surface area is 128 Å². The molecule has 0 aromatic rings. The van der Waals surface area contributed by atoms with E-state index >= 15 is 0 Å². The molecular weight excluding hydrogens is 268 g/mol. The summed E-state index contributed by atoms with van der Waals surface area (Å²) in [5.74, 6) is -0.264. The van der Waals surface area contributed by atoms with Gasteiger partial charge in [0.1, 0.15) is 6.61 Å². The third-order valence-electron chi connectivity index (χ3n) is 3.38. The van der Waals surface area contributed by atoms with E-state index in [9.17, 15) is 15.0 Å². The van der Waals surface area contributed by atoms with Crippen LogP contribution in [-0.4, -0.2) is 34.5 Å². The maximum atomic E-state index is 10.6. The van der Waals surface area contributed by atoms with Gasteiger partial charge < -0.3 is 14.9 Å². The molecule has 0 aromatic heterocycles. The van der Waals surface area contributed by atoms with Crippen molar-refractivity contribution in [3.05, 3.63) is 23.3 Å². The molecule has 0 rings (SSSR count). The highest BCUT2D eigenvalue weighted by molar-refractivity contribution is 5.66. The van der Waals surface area contributed by atoms with Crippen LogP contribution in [-0.2, 0) is 9.53 Å². The van der Waals surface area contributed by atoms with Crippen molar-refractivity contribution < 1.29 is 19.7 Å². The van der Waals surface area contributed by atoms with Gasteiger partial charge in [-0.1, -0.05) is 17.2 Å². The number of aliphatic hydroxyl groups excluding tert-OH is 1. The van der Waals surface area contributed by atoms with Crippen LogP contribution in [0.4, 0.5) is 0 Å². The first kappa shape index (κ1) is 19.9. The molecule has 0 spiro atoms. The lowest BCUT2D eigenvalue weighted by Gasteiger charge is -2.24. The van der Waals surface area contributed by atoms with E-state index in [2.05, 4.69) is 6.08 Å². The van der Waals surface area contributed by atoms with Gasteiger partial charge in [-0.3, -0.25) is 4.79 Å². The van der Waals surface area contributed by atoms with Gasteiger partial charge in [0.2, 0.25) is 0 Å². The summed E-state index contributed by atoms with van der Waals surface area (Å²) < 4.78 is 4.85. The molecule has 0 aliphatic carbocycles. The van der Waals surface area contributed by atoms with Crippen LogP contribution < -0.4 is 0 Å². The van der Waals surface area contributed by atoms with E-state index < -0.39 is 11.7 Å². The number of aliphatic hydroxyl groups is 2. The van der Waals surface area contributed by atoms with Crippen LogP contribution in [0.5, 0.6) is 0 Å². The van der Waals surface area contributed by atoms with Gasteiger partial charge in [-0.2, -0.15) is 0 Å². The molecule has 0 saturated heterocycles. The van der Waals surface area contributed by atoms with Gasteiger partial charge in [-0.05, 0) is 59.5 Å². The fourth-order valence-electron chi connectivity index (χ4n) is 1.77. The van der Waals surface area contributed by atoms with Crippen LogP contribution in [0.15, 0.2) is 23.3 Å². The first-order chi connectivity index (χ1) is 9.62. The molecule has 0 amide bonds. The maximum absolute atomic E-state index is 10.6. The van der Waals surface area contributed by atoms with Gasteiger partial charge in [0.05, 0.1) is 11.7 Å². The van der Waals surface area contributed by atoms with Gasteiger partial charge in [0.15, 0.2) is 0 Å². The second-order valence-corrected chi connectivity index (χ2v) is 6.15. The SMILES string of the molecule is CC(=O)OC/C=C(/C)CC/C=C(\C)CCC(O)C(C)(C)O. The zero-order chi connectivity index (χ0) is 16.5. The van der Waals surface area contributed by atoms with Crippen LogP contribution in [0.3, 0.4) is 0 Å². The predicted molar refractivity (Wildman–Crippen MR) is 84.9 cm³/mol. The Bertz CT molecular complexity index is 375. The van der Waals surface area contributed by atoms with Crippen LogP contribution in [0, 0.1) is 0 Å². The summed E-state index contributed by atoms with van der Waals surface area (Å²) in [5.41, 5.74) is 1.36. The van der Waals surface area contributed by atoms with Crippen LogP contribution in [0.1, 0.15) is 60.3 Å². The van der Waals surface area contributed by atoms with Gasteiger partial charge >= 0.3 is 5.97 Å². The molecule has 0 heterocycles. The van der Waals surface area contributed by atoms with Crippen molar-refractivity contribution in [3.63, 3.8) is 0 Å². The first-order valence-electron chi connectivity index (χ1n) is 7.48. The van der Waals surface area contributed by atoms with E-state index in [0.717, 1.165) is 19.3 Å². The summed E-state index contributed by atoms with van der Waals surface area (Å²) in [5, 5.41) is 19.4. The summed E-state index contributed by atoms with van der Waals surface area (Å²) in [6.07, 6.45) is 6.56. The molecule has 2 N–H and O–H groups in total. The lowest BCUT2D eigenvalue weighted by molar-refractivity contribution is -0.139. The fraction of sp³-hybridized carbons (Fsp3) is 0.706. The Balaban J connectivity index is 3.99. The Morgan fingerprint density at radius 3 is 2.24 bits per heavy atom. The average Bonchev–Trinajstić information content (AvgIpc) is 2.34. The van der Waals surface area contributed by atoms with E-state index in [-0.39, 0.29) is 5.97 Å². The van der Waals surface area contributed by atoms with E-state index in [1.807, 2.05) is 19.9 Å². The second kappa shape index (κ2) is 9.74. The highest BCUT2D eigenvalue weighted by atomic mass is 16.5. The highest BCUT2D eigenvalue weighted by Gasteiger charge is 2.23. The maximum Gasteiger partial charge on any atom is 0.302 e. The number of carbonyl (C=O) groups excluding carboxylic acids is 1. The molecule has 122 valence electrons. The predicted octanol–water partition coefficient (Wildman–Crippen LogP) is 3.13. The van der Waals surface area contributed by atoms with E-state index in [4.69, 9.17) is 4.74 Å². The molecule has 21 heavy (non-hydrogen) atoms. The summed E-state index contributed by atoms with van der Waals surface area (Å²) in [7, 11) is 0. The lowest BCUT2D eigenvalue weighted by Crippen LogP contribution is -2.35. The van der Waals surface area contributed by atoms with Crippen molar-refractivity contribution in [3.8, 4) is 0 Å². The Morgan fingerprint density at radius 1 is 1.14 bits per heavy atom. The summed E-state index contributed by atoms with van der Waals surface area (Å²) in [6.45, 7) is 9.03. The number of carbonyl (C=O) groups is 1. The number of hydrogen-bond donors (Lipinski definition) is 2. The van der Waals surface area contributed by atoms with Crippen molar-refractivity contribution in [2.24, 2.45) is 0 Å². The van der Waals surface area contributed by atoms with E-state index in [1.54, 1.807) is 13.8 Å². The quantitative estimate of drug-likeness (QED) is 0.507. The topological polar surface area (TPSA) is 66.8 Å². The molecule has 0 fully saturated rings. The molecule has 0 aromatic carbocycles.